The molecule has 0 aliphatic rings. The van der Waals surface area contributed by atoms with Gasteiger partial charge in [0.1, 0.15) is 6.61 Å². The normalized spacial score (nSPS) is 12.2. The Morgan fingerprint density at radius 1 is 2.00 bits per heavy atom. The summed E-state index contributed by atoms with van der Waals surface area (Å²) in [7, 11) is 0. The van der Waals surface area contributed by atoms with E-state index >= 15 is 0 Å². The summed E-state index contributed by atoms with van der Waals surface area (Å²) in [5, 5.41) is 9.63. The van der Waals surface area contributed by atoms with E-state index in [1.165, 1.54) is 0 Å². The van der Waals surface area contributed by atoms with Crippen molar-refractivity contribution >= 4 is 15.9 Å². The van der Waals surface area contributed by atoms with Crippen molar-refractivity contribution in [3.63, 3.8) is 0 Å². The molecule has 35 valence electrons. The summed E-state index contributed by atoms with van der Waals surface area (Å²) in [5.74, 6) is 0. The van der Waals surface area contributed by atoms with E-state index in [0.29, 0.717) is 0 Å². The minimum absolute atomic E-state index is 0.128. The van der Waals surface area contributed by atoms with Gasteiger partial charge in [-0.05, 0) is 17.5 Å². The van der Waals surface area contributed by atoms with Gasteiger partial charge in [0.2, 0.25) is 0 Å². The lowest BCUT2D eigenvalue weighted by molar-refractivity contribution is 0.232. The second-order valence-corrected chi connectivity index (χ2v) is 2.21. The topological polar surface area (TPSA) is 19.9 Å². The van der Waals surface area contributed by atoms with E-state index in [-0.39, 0.29) is 6.61 Å². The maximum atomic E-state index is 9.63. The maximum Gasteiger partial charge on any atom is 0.101 e. The van der Waals surface area contributed by atoms with Crippen LogP contribution in [0, 0.1) is 0 Å². The Kier molecular flexibility index (Phi) is 3.47. The fourth-order valence-electron chi connectivity index (χ4n) is 0.115. The van der Waals surface area contributed by atoms with Crippen molar-refractivity contribution in [2.24, 2.45) is 0 Å². The van der Waals surface area contributed by atoms with Gasteiger partial charge in [0.05, 0.1) is 0 Å². The van der Waals surface area contributed by atoms with Crippen LogP contribution >= 0.6 is 15.9 Å². The summed E-state index contributed by atoms with van der Waals surface area (Å²) < 4.78 is 0.914. The van der Waals surface area contributed by atoms with Crippen molar-refractivity contribution in [1.82, 2.24) is 0 Å². The van der Waals surface area contributed by atoms with Gasteiger partial charge in [-0.3, -0.25) is 0 Å². The SMILES string of the molecule is CC(Br)=CC[O]. The molecule has 0 rings (SSSR count). The number of allylic oxidation sites excluding steroid dienone is 1. The summed E-state index contributed by atoms with van der Waals surface area (Å²) in [6.45, 7) is 1.70. The van der Waals surface area contributed by atoms with Gasteiger partial charge >= 0.3 is 0 Å². The van der Waals surface area contributed by atoms with E-state index in [1.54, 1.807) is 6.08 Å². The van der Waals surface area contributed by atoms with Crippen LogP contribution in [-0.4, -0.2) is 6.61 Å². The van der Waals surface area contributed by atoms with Crippen molar-refractivity contribution in [2.45, 2.75) is 6.92 Å². The highest BCUT2D eigenvalue weighted by Crippen LogP contribution is 1.98. The van der Waals surface area contributed by atoms with Crippen LogP contribution < -0.4 is 0 Å². The number of halogens is 1. The van der Waals surface area contributed by atoms with Crippen LogP contribution in [0.2, 0.25) is 0 Å². The molecule has 0 saturated heterocycles. The van der Waals surface area contributed by atoms with Crippen LogP contribution in [0.15, 0.2) is 10.6 Å². The molecule has 0 unspecified atom stereocenters. The van der Waals surface area contributed by atoms with Crippen molar-refractivity contribution in [2.75, 3.05) is 6.61 Å². The van der Waals surface area contributed by atoms with Gasteiger partial charge in [-0.15, -0.1) is 0 Å². The average molecular weight is 150 g/mol. The molecule has 6 heavy (non-hydrogen) atoms. The van der Waals surface area contributed by atoms with Crippen LogP contribution in [-0.2, 0) is 5.11 Å². The molecule has 0 spiro atoms. The molecule has 0 amide bonds. The molecule has 0 aromatic rings. The van der Waals surface area contributed by atoms with Gasteiger partial charge < -0.3 is 0 Å². The molecule has 0 aromatic heterocycles. The van der Waals surface area contributed by atoms with Crippen molar-refractivity contribution in [1.29, 1.82) is 0 Å². The monoisotopic (exact) mass is 149 g/mol. The Morgan fingerprint density at radius 3 is 2.50 bits per heavy atom. The molecule has 0 saturated carbocycles. The molecule has 0 aliphatic heterocycles. The molecule has 0 bridgehead atoms. The first-order valence-electron chi connectivity index (χ1n) is 1.67. The van der Waals surface area contributed by atoms with E-state index in [0.717, 1.165) is 4.48 Å². The van der Waals surface area contributed by atoms with Crippen molar-refractivity contribution < 1.29 is 5.11 Å². The van der Waals surface area contributed by atoms with Gasteiger partial charge in [-0.2, -0.15) is 0 Å². The lowest BCUT2D eigenvalue weighted by Gasteiger charge is -1.75. The van der Waals surface area contributed by atoms with E-state index < -0.39 is 0 Å². The third kappa shape index (κ3) is 4.18. The Bertz CT molecular complexity index is 54.6. The Morgan fingerprint density at radius 2 is 2.50 bits per heavy atom. The van der Waals surface area contributed by atoms with Gasteiger partial charge in [-0.25, -0.2) is 5.11 Å². The van der Waals surface area contributed by atoms with Crippen molar-refractivity contribution in [3.05, 3.63) is 10.6 Å². The summed E-state index contributed by atoms with van der Waals surface area (Å²) >= 11 is 3.10. The Hall–Kier alpha value is 0.180. The molecule has 0 N–H and O–H groups in total. The largest absolute Gasteiger partial charge is 0.232 e. The van der Waals surface area contributed by atoms with Gasteiger partial charge in [0.25, 0.3) is 0 Å². The minimum atomic E-state index is -0.128. The predicted octanol–water partition coefficient (Wildman–Crippen LogP) is 1.72. The fourth-order valence-corrected chi connectivity index (χ4v) is 0.247. The first-order valence-corrected chi connectivity index (χ1v) is 2.47. The smallest absolute Gasteiger partial charge is 0.101 e. The Labute approximate surface area is 45.8 Å². The molecule has 0 aromatic carbocycles. The molecule has 1 radical (unpaired) electrons. The third-order valence-electron chi connectivity index (χ3n) is 0.365. The van der Waals surface area contributed by atoms with Crippen LogP contribution in [0.3, 0.4) is 0 Å². The van der Waals surface area contributed by atoms with Crippen LogP contribution in [0.25, 0.3) is 0 Å². The van der Waals surface area contributed by atoms with Crippen LogP contribution in [0.4, 0.5) is 0 Å². The quantitative estimate of drug-likeness (QED) is 0.542. The molecule has 2 heteroatoms. The average Bonchev–Trinajstić information content (AvgIpc) is 1.35. The Balaban J connectivity index is 3.14. The molecule has 1 nitrogen and oxygen atoms in total. The van der Waals surface area contributed by atoms with Gasteiger partial charge in [0.15, 0.2) is 0 Å². The summed E-state index contributed by atoms with van der Waals surface area (Å²) in [5.41, 5.74) is 0. The summed E-state index contributed by atoms with van der Waals surface area (Å²) in [6.07, 6.45) is 1.57. The highest BCUT2D eigenvalue weighted by molar-refractivity contribution is 9.11. The molecule has 0 atom stereocenters. The maximum absolute atomic E-state index is 9.63. The first-order chi connectivity index (χ1) is 2.77. The van der Waals surface area contributed by atoms with E-state index in [4.69, 9.17) is 0 Å². The van der Waals surface area contributed by atoms with Crippen LogP contribution in [0.5, 0.6) is 0 Å². The molecule has 0 aliphatic carbocycles. The lowest BCUT2D eigenvalue weighted by Crippen LogP contribution is -1.66. The second-order valence-electron chi connectivity index (χ2n) is 0.958. The number of hydrogen-bond donors (Lipinski definition) is 0. The molecule has 0 heterocycles. The predicted molar refractivity (Wildman–Crippen MR) is 28.2 cm³/mol. The van der Waals surface area contributed by atoms with Crippen LogP contribution in [0.1, 0.15) is 6.92 Å². The zero-order valence-corrected chi connectivity index (χ0v) is 5.16. The number of rotatable bonds is 1. The second kappa shape index (κ2) is 3.37. The fraction of sp³-hybridized carbons (Fsp3) is 0.500. The van der Waals surface area contributed by atoms with Crippen molar-refractivity contribution in [3.8, 4) is 0 Å². The summed E-state index contributed by atoms with van der Waals surface area (Å²) in [4.78, 5) is 0. The van der Waals surface area contributed by atoms with Gasteiger partial charge in [-0.1, -0.05) is 15.9 Å². The minimum Gasteiger partial charge on any atom is -0.232 e. The highest BCUT2D eigenvalue weighted by Gasteiger charge is 1.72. The zero-order valence-electron chi connectivity index (χ0n) is 3.57. The molecular formula is C4H6BrO. The zero-order chi connectivity index (χ0) is 4.99. The lowest BCUT2D eigenvalue weighted by atomic mass is 10.6. The van der Waals surface area contributed by atoms with E-state index in [1.807, 2.05) is 6.92 Å². The first kappa shape index (κ1) is 6.18. The molecular weight excluding hydrogens is 144 g/mol. The third-order valence-corrected chi connectivity index (χ3v) is 0.688. The van der Waals surface area contributed by atoms with E-state index in [9.17, 15) is 5.11 Å². The van der Waals surface area contributed by atoms with E-state index in [2.05, 4.69) is 15.9 Å². The highest BCUT2D eigenvalue weighted by atomic mass is 79.9. The summed E-state index contributed by atoms with van der Waals surface area (Å²) in [6, 6.07) is 0. The number of hydrogen-bond acceptors (Lipinski definition) is 0. The molecule has 0 fully saturated rings. The van der Waals surface area contributed by atoms with Gasteiger partial charge in [0, 0.05) is 0 Å². The standard InChI is InChI=1S/C4H6BrO/c1-4(5)2-3-6/h2H,3H2,1H3.